The van der Waals surface area contributed by atoms with E-state index in [-0.39, 0.29) is 18.4 Å². The van der Waals surface area contributed by atoms with Crippen LogP contribution in [0.1, 0.15) is 19.8 Å². The summed E-state index contributed by atoms with van der Waals surface area (Å²) in [4.78, 5) is 26.1. The van der Waals surface area contributed by atoms with Crippen molar-refractivity contribution >= 4 is 11.8 Å². The molecule has 2 heterocycles. The number of carbonyl (C=O) groups excluding carboxylic acids is 2. The molecule has 0 aromatic carbocycles. The minimum Gasteiger partial charge on any atom is -0.388 e. The Bertz CT molecular complexity index is 293. The maximum absolute atomic E-state index is 11.7. The van der Waals surface area contributed by atoms with E-state index in [0.717, 1.165) is 6.42 Å². The van der Waals surface area contributed by atoms with Crippen LogP contribution in [0.5, 0.6) is 0 Å². The van der Waals surface area contributed by atoms with Crippen molar-refractivity contribution in [3.63, 3.8) is 0 Å². The topological polar surface area (TPSA) is 60.9 Å². The van der Waals surface area contributed by atoms with Crippen LogP contribution in [0.3, 0.4) is 0 Å². The second-order valence-corrected chi connectivity index (χ2v) is 4.68. The largest absolute Gasteiger partial charge is 0.388 e. The minimum atomic E-state index is -0.657. The highest BCUT2D eigenvalue weighted by Crippen LogP contribution is 2.20. The van der Waals surface area contributed by atoms with E-state index in [4.69, 9.17) is 0 Å². The van der Waals surface area contributed by atoms with E-state index >= 15 is 0 Å². The number of likely N-dealkylation sites (tertiary alicyclic amines) is 2. The lowest BCUT2D eigenvalue weighted by atomic mass is 9.97. The quantitative estimate of drug-likeness (QED) is 0.651. The molecule has 2 rings (SSSR count). The van der Waals surface area contributed by atoms with Crippen molar-refractivity contribution in [3.05, 3.63) is 0 Å². The standard InChI is InChI=1S/C10H16N2O3/c1-10(15)6-11(7-10)5-9(14)12-4-2-3-8(12)13/h15H,2-7H2,1H3. The highest BCUT2D eigenvalue weighted by Gasteiger charge is 2.38. The van der Waals surface area contributed by atoms with Crippen LogP contribution in [0.4, 0.5) is 0 Å². The van der Waals surface area contributed by atoms with E-state index in [1.807, 2.05) is 4.90 Å². The van der Waals surface area contributed by atoms with E-state index < -0.39 is 5.60 Å². The predicted molar refractivity (Wildman–Crippen MR) is 53.0 cm³/mol. The number of hydrogen-bond donors (Lipinski definition) is 1. The number of amides is 2. The van der Waals surface area contributed by atoms with Gasteiger partial charge in [-0.25, -0.2) is 0 Å². The summed E-state index contributed by atoms with van der Waals surface area (Å²) in [7, 11) is 0. The summed E-state index contributed by atoms with van der Waals surface area (Å²) in [5.41, 5.74) is -0.657. The monoisotopic (exact) mass is 212 g/mol. The number of β-amino-alcohol motifs (C(OH)–C–C–N with tert-alkyl or cyclic N) is 1. The Hall–Kier alpha value is -0.940. The minimum absolute atomic E-state index is 0.0627. The smallest absolute Gasteiger partial charge is 0.243 e. The van der Waals surface area contributed by atoms with E-state index in [0.29, 0.717) is 26.1 Å². The van der Waals surface area contributed by atoms with Gasteiger partial charge in [-0.15, -0.1) is 0 Å². The van der Waals surface area contributed by atoms with Crippen LogP contribution in [-0.2, 0) is 9.59 Å². The Balaban J connectivity index is 1.81. The molecule has 2 aliphatic heterocycles. The number of aliphatic hydroxyl groups is 1. The molecule has 0 unspecified atom stereocenters. The average Bonchev–Trinajstić information content (AvgIpc) is 2.47. The van der Waals surface area contributed by atoms with Crippen molar-refractivity contribution in [2.45, 2.75) is 25.4 Å². The van der Waals surface area contributed by atoms with E-state index in [2.05, 4.69) is 0 Å². The third kappa shape index (κ3) is 2.18. The van der Waals surface area contributed by atoms with Gasteiger partial charge in [0.2, 0.25) is 11.8 Å². The van der Waals surface area contributed by atoms with Gasteiger partial charge in [0.15, 0.2) is 0 Å². The van der Waals surface area contributed by atoms with Crippen molar-refractivity contribution in [2.75, 3.05) is 26.2 Å². The fraction of sp³-hybridized carbons (Fsp3) is 0.800. The molecule has 84 valence electrons. The van der Waals surface area contributed by atoms with Crippen LogP contribution in [0.15, 0.2) is 0 Å². The second kappa shape index (κ2) is 3.57. The first-order valence-corrected chi connectivity index (χ1v) is 5.26. The van der Waals surface area contributed by atoms with Crippen LogP contribution in [-0.4, -0.2) is 58.5 Å². The predicted octanol–water partition coefficient (Wildman–Crippen LogP) is -0.798. The van der Waals surface area contributed by atoms with Gasteiger partial charge in [-0.05, 0) is 13.3 Å². The molecular formula is C10H16N2O3. The Kier molecular flexibility index (Phi) is 2.52. The summed E-state index contributed by atoms with van der Waals surface area (Å²) in [5.74, 6) is -0.194. The number of hydrogen-bond acceptors (Lipinski definition) is 4. The lowest BCUT2D eigenvalue weighted by molar-refractivity contribution is -0.146. The molecule has 0 atom stereocenters. The molecule has 5 nitrogen and oxygen atoms in total. The zero-order valence-electron chi connectivity index (χ0n) is 8.90. The van der Waals surface area contributed by atoms with Crippen molar-refractivity contribution in [2.24, 2.45) is 0 Å². The van der Waals surface area contributed by atoms with Crippen LogP contribution < -0.4 is 0 Å². The molecular weight excluding hydrogens is 196 g/mol. The summed E-state index contributed by atoms with van der Waals surface area (Å²) in [6, 6.07) is 0. The number of nitrogens with zero attached hydrogens (tertiary/aromatic N) is 2. The average molecular weight is 212 g/mol. The first-order valence-electron chi connectivity index (χ1n) is 5.26. The van der Waals surface area contributed by atoms with Crippen molar-refractivity contribution in [1.29, 1.82) is 0 Å². The van der Waals surface area contributed by atoms with E-state index in [9.17, 15) is 14.7 Å². The molecule has 2 amide bonds. The Morgan fingerprint density at radius 2 is 2.20 bits per heavy atom. The third-order valence-corrected chi connectivity index (χ3v) is 2.86. The number of rotatable bonds is 2. The Morgan fingerprint density at radius 3 is 2.67 bits per heavy atom. The molecule has 5 heteroatoms. The van der Waals surface area contributed by atoms with Crippen molar-refractivity contribution in [1.82, 2.24) is 9.80 Å². The summed E-state index contributed by atoms with van der Waals surface area (Å²) < 4.78 is 0. The van der Waals surface area contributed by atoms with Gasteiger partial charge in [0.25, 0.3) is 0 Å². The first kappa shape index (κ1) is 10.6. The Labute approximate surface area is 88.6 Å². The van der Waals surface area contributed by atoms with Gasteiger partial charge in [-0.3, -0.25) is 19.4 Å². The summed E-state index contributed by atoms with van der Waals surface area (Å²) in [6.07, 6.45) is 1.27. The SMILES string of the molecule is CC1(O)CN(CC(=O)N2CCCC2=O)C1. The first-order chi connectivity index (χ1) is 6.98. The zero-order chi connectivity index (χ0) is 11.1. The molecule has 2 fully saturated rings. The second-order valence-electron chi connectivity index (χ2n) is 4.68. The summed E-state index contributed by atoms with van der Waals surface area (Å²) in [6.45, 7) is 3.58. The molecule has 0 aromatic heterocycles. The third-order valence-electron chi connectivity index (χ3n) is 2.86. The molecule has 1 N–H and O–H groups in total. The van der Waals surface area contributed by atoms with Crippen LogP contribution in [0.2, 0.25) is 0 Å². The molecule has 0 bridgehead atoms. The molecule has 0 spiro atoms. The van der Waals surface area contributed by atoms with Gasteiger partial charge in [-0.1, -0.05) is 0 Å². The lowest BCUT2D eigenvalue weighted by Gasteiger charge is -2.44. The normalized spacial score (nSPS) is 25.5. The van der Waals surface area contributed by atoms with Crippen LogP contribution in [0.25, 0.3) is 0 Å². The fourth-order valence-electron chi connectivity index (χ4n) is 2.22. The fourth-order valence-corrected chi connectivity index (χ4v) is 2.22. The van der Waals surface area contributed by atoms with Gasteiger partial charge in [-0.2, -0.15) is 0 Å². The van der Waals surface area contributed by atoms with Gasteiger partial charge >= 0.3 is 0 Å². The highest BCUT2D eigenvalue weighted by molar-refractivity contribution is 5.97. The van der Waals surface area contributed by atoms with Crippen LogP contribution in [0, 0.1) is 0 Å². The molecule has 2 aliphatic rings. The molecule has 15 heavy (non-hydrogen) atoms. The van der Waals surface area contributed by atoms with E-state index in [1.54, 1.807) is 6.92 Å². The molecule has 0 radical (unpaired) electrons. The molecule has 0 aliphatic carbocycles. The van der Waals surface area contributed by atoms with Gasteiger partial charge in [0, 0.05) is 26.1 Å². The number of carbonyl (C=O) groups is 2. The summed E-state index contributed by atoms with van der Waals surface area (Å²) >= 11 is 0. The molecule has 0 saturated carbocycles. The Morgan fingerprint density at radius 1 is 1.53 bits per heavy atom. The van der Waals surface area contributed by atoms with E-state index in [1.165, 1.54) is 4.90 Å². The summed E-state index contributed by atoms with van der Waals surface area (Å²) in [5, 5.41) is 9.48. The number of imide groups is 1. The van der Waals surface area contributed by atoms with Gasteiger partial charge in [0.05, 0.1) is 12.1 Å². The molecule has 0 aromatic rings. The van der Waals surface area contributed by atoms with Gasteiger partial charge < -0.3 is 5.11 Å². The van der Waals surface area contributed by atoms with Crippen LogP contribution >= 0.6 is 0 Å². The lowest BCUT2D eigenvalue weighted by Crippen LogP contribution is -2.61. The van der Waals surface area contributed by atoms with Crippen molar-refractivity contribution in [3.8, 4) is 0 Å². The highest BCUT2D eigenvalue weighted by atomic mass is 16.3. The maximum atomic E-state index is 11.7. The van der Waals surface area contributed by atoms with Gasteiger partial charge in [0.1, 0.15) is 0 Å². The zero-order valence-corrected chi connectivity index (χ0v) is 8.90. The molecule has 2 saturated heterocycles. The maximum Gasteiger partial charge on any atom is 0.243 e. The van der Waals surface area contributed by atoms with Crippen molar-refractivity contribution < 1.29 is 14.7 Å².